The molecule has 0 spiro atoms. The Bertz CT molecular complexity index is 981. The Balaban J connectivity index is 2.25. The molecule has 0 fully saturated rings. The van der Waals surface area contributed by atoms with E-state index in [4.69, 9.17) is 0 Å². The third kappa shape index (κ3) is 3.14. The van der Waals surface area contributed by atoms with E-state index < -0.39 is 5.82 Å². The molecule has 4 nitrogen and oxygen atoms in total. The summed E-state index contributed by atoms with van der Waals surface area (Å²) in [5.74, 6) is -0.614. The van der Waals surface area contributed by atoms with Crippen molar-refractivity contribution >= 4 is 32.7 Å². The van der Waals surface area contributed by atoms with Gasteiger partial charge in [-0.05, 0) is 67.4 Å². The molecule has 0 saturated heterocycles. The minimum absolute atomic E-state index is 0.0284. The van der Waals surface area contributed by atoms with Gasteiger partial charge in [-0.1, -0.05) is 0 Å². The third-order valence-electron chi connectivity index (χ3n) is 4.53. The molecule has 0 aliphatic heterocycles. The summed E-state index contributed by atoms with van der Waals surface area (Å²) in [5.41, 5.74) is 2.87. The summed E-state index contributed by atoms with van der Waals surface area (Å²) in [4.78, 5) is 19.1. The van der Waals surface area contributed by atoms with Crippen molar-refractivity contribution in [1.82, 2.24) is 14.5 Å². The van der Waals surface area contributed by atoms with Gasteiger partial charge in [0.05, 0.1) is 23.0 Å². The molecule has 0 atom stereocenters. The fraction of sp³-hybridized carbons (Fsp3) is 0.300. The van der Waals surface area contributed by atoms with Crippen LogP contribution < -0.4 is 0 Å². The second-order valence-electron chi connectivity index (χ2n) is 6.54. The fourth-order valence-corrected chi connectivity index (χ4v) is 4.00. The van der Waals surface area contributed by atoms with Crippen molar-refractivity contribution in [3.8, 4) is 5.69 Å². The van der Waals surface area contributed by atoms with Crippen molar-refractivity contribution in [3.63, 3.8) is 0 Å². The smallest absolute Gasteiger partial charge is 0.256 e. The number of benzene rings is 1. The largest absolute Gasteiger partial charge is 0.336 e. The molecule has 0 N–H and O–H groups in total. The zero-order valence-corrected chi connectivity index (χ0v) is 16.8. The Labute approximate surface area is 160 Å². The summed E-state index contributed by atoms with van der Waals surface area (Å²) in [6.45, 7) is 8.37. The lowest BCUT2D eigenvalue weighted by molar-refractivity contribution is 0.0716. The number of rotatable bonds is 4. The number of hydrogen-bond donors (Lipinski definition) is 0. The molecular weight excluding hydrogens is 397 g/mol. The van der Waals surface area contributed by atoms with E-state index >= 15 is 0 Å². The van der Waals surface area contributed by atoms with Crippen LogP contribution in [0.25, 0.3) is 16.6 Å². The van der Waals surface area contributed by atoms with E-state index in [0.29, 0.717) is 17.8 Å². The Morgan fingerprint density at radius 2 is 2.08 bits per heavy atom. The van der Waals surface area contributed by atoms with Crippen LogP contribution in [0.2, 0.25) is 0 Å². The van der Waals surface area contributed by atoms with Crippen LogP contribution >= 0.6 is 15.9 Å². The van der Waals surface area contributed by atoms with E-state index in [1.54, 1.807) is 23.4 Å². The summed E-state index contributed by atoms with van der Waals surface area (Å²) >= 11 is 3.59. The Morgan fingerprint density at radius 1 is 1.35 bits per heavy atom. The van der Waals surface area contributed by atoms with Crippen LogP contribution in [-0.2, 0) is 0 Å². The molecule has 0 aliphatic carbocycles. The standard InChI is InChI=1S/C20H21BrFN3O/c1-5-24(12(2)3)20(26)15-8-14(22)6-7-17(15)25-11-16(21)19-13(4)9-23-10-18(19)25/h6-12H,5H2,1-4H3. The van der Waals surface area contributed by atoms with Crippen molar-refractivity contribution in [1.29, 1.82) is 0 Å². The fourth-order valence-electron chi connectivity index (χ4n) is 3.28. The average Bonchev–Trinajstić information content (AvgIpc) is 2.93. The van der Waals surface area contributed by atoms with E-state index in [1.807, 2.05) is 38.5 Å². The van der Waals surface area contributed by atoms with Crippen molar-refractivity contribution in [2.75, 3.05) is 6.54 Å². The second-order valence-corrected chi connectivity index (χ2v) is 7.40. The predicted molar refractivity (Wildman–Crippen MR) is 105 cm³/mol. The summed E-state index contributed by atoms with van der Waals surface area (Å²) in [7, 11) is 0. The first-order chi connectivity index (χ1) is 12.3. The van der Waals surface area contributed by atoms with Gasteiger partial charge >= 0.3 is 0 Å². The SMILES string of the molecule is CCN(C(=O)c1cc(F)ccc1-n1cc(Br)c2c(C)cncc21)C(C)C. The monoisotopic (exact) mass is 417 g/mol. The maximum absolute atomic E-state index is 14.0. The van der Waals surface area contributed by atoms with E-state index in [0.717, 1.165) is 20.9 Å². The van der Waals surface area contributed by atoms with Crippen molar-refractivity contribution in [2.45, 2.75) is 33.7 Å². The molecule has 26 heavy (non-hydrogen) atoms. The summed E-state index contributed by atoms with van der Waals surface area (Å²) in [5, 5.41) is 1.03. The normalized spacial score (nSPS) is 11.3. The second kappa shape index (κ2) is 7.19. The first-order valence-corrected chi connectivity index (χ1v) is 9.36. The average molecular weight is 418 g/mol. The minimum atomic E-state index is -0.429. The van der Waals surface area contributed by atoms with Crippen LogP contribution in [0.5, 0.6) is 0 Å². The highest BCUT2D eigenvalue weighted by Gasteiger charge is 2.23. The van der Waals surface area contributed by atoms with E-state index in [2.05, 4.69) is 20.9 Å². The maximum Gasteiger partial charge on any atom is 0.256 e. The molecule has 3 rings (SSSR count). The van der Waals surface area contributed by atoms with E-state index in [-0.39, 0.29) is 11.9 Å². The summed E-state index contributed by atoms with van der Waals surface area (Å²) < 4.78 is 16.8. The molecule has 1 amide bonds. The number of fused-ring (bicyclic) bond motifs is 1. The van der Waals surface area contributed by atoms with Gasteiger partial charge in [-0.3, -0.25) is 9.78 Å². The molecule has 0 unspecified atom stereocenters. The lowest BCUT2D eigenvalue weighted by Gasteiger charge is -2.26. The summed E-state index contributed by atoms with van der Waals surface area (Å²) in [6.07, 6.45) is 5.45. The molecule has 2 heterocycles. The zero-order chi connectivity index (χ0) is 19.0. The van der Waals surface area contributed by atoms with Gasteiger partial charge < -0.3 is 9.47 Å². The van der Waals surface area contributed by atoms with Gasteiger partial charge in [-0.15, -0.1) is 0 Å². The number of hydrogen-bond acceptors (Lipinski definition) is 2. The van der Waals surface area contributed by atoms with E-state index in [1.165, 1.54) is 12.1 Å². The minimum Gasteiger partial charge on any atom is -0.336 e. The topological polar surface area (TPSA) is 38.1 Å². The van der Waals surface area contributed by atoms with Gasteiger partial charge in [-0.2, -0.15) is 0 Å². The van der Waals surface area contributed by atoms with Gasteiger partial charge in [0.15, 0.2) is 0 Å². The predicted octanol–water partition coefficient (Wildman–Crippen LogP) is 5.11. The van der Waals surface area contributed by atoms with Crippen molar-refractivity contribution < 1.29 is 9.18 Å². The maximum atomic E-state index is 14.0. The third-order valence-corrected chi connectivity index (χ3v) is 5.13. The molecule has 0 radical (unpaired) electrons. The molecule has 0 saturated carbocycles. The molecule has 3 aromatic rings. The lowest BCUT2D eigenvalue weighted by Crippen LogP contribution is -2.37. The van der Waals surface area contributed by atoms with Crippen LogP contribution in [0.3, 0.4) is 0 Å². The van der Waals surface area contributed by atoms with Crippen LogP contribution in [-0.4, -0.2) is 32.9 Å². The van der Waals surface area contributed by atoms with Crippen molar-refractivity contribution in [2.24, 2.45) is 0 Å². The number of pyridine rings is 1. The Hall–Kier alpha value is -2.21. The molecular formula is C20H21BrFN3O. The van der Waals surface area contributed by atoms with Crippen LogP contribution in [0.4, 0.5) is 4.39 Å². The number of carbonyl (C=O) groups excluding carboxylic acids is 1. The quantitative estimate of drug-likeness (QED) is 0.591. The van der Waals surface area contributed by atoms with Crippen LogP contribution in [0, 0.1) is 12.7 Å². The van der Waals surface area contributed by atoms with Gasteiger partial charge in [-0.25, -0.2) is 4.39 Å². The Kier molecular flexibility index (Phi) is 5.14. The van der Waals surface area contributed by atoms with Crippen molar-refractivity contribution in [3.05, 3.63) is 58.2 Å². The number of aryl methyl sites for hydroxylation is 1. The number of carbonyl (C=O) groups is 1. The molecule has 136 valence electrons. The highest BCUT2D eigenvalue weighted by molar-refractivity contribution is 9.10. The molecule has 1 aromatic carbocycles. The first kappa shape index (κ1) is 18.6. The van der Waals surface area contributed by atoms with Gasteiger partial charge in [0.1, 0.15) is 5.82 Å². The molecule has 2 aromatic heterocycles. The first-order valence-electron chi connectivity index (χ1n) is 8.57. The van der Waals surface area contributed by atoms with E-state index in [9.17, 15) is 9.18 Å². The summed E-state index contributed by atoms with van der Waals surface area (Å²) in [6, 6.07) is 4.36. The Morgan fingerprint density at radius 3 is 2.73 bits per heavy atom. The molecule has 0 aliphatic rings. The molecule has 6 heteroatoms. The zero-order valence-electron chi connectivity index (χ0n) is 15.3. The highest BCUT2D eigenvalue weighted by Crippen LogP contribution is 2.32. The lowest BCUT2D eigenvalue weighted by atomic mass is 10.1. The number of aromatic nitrogens is 2. The number of halogens is 2. The van der Waals surface area contributed by atoms with Crippen LogP contribution in [0.1, 0.15) is 36.7 Å². The van der Waals surface area contributed by atoms with Gasteiger partial charge in [0, 0.05) is 34.8 Å². The molecule has 0 bridgehead atoms. The highest BCUT2D eigenvalue weighted by atomic mass is 79.9. The van der Waals surface area contributed by atoms with Crippen LogP contribution in [0.15, 0.2) is 41.3 Å². The van der Waals surface area contributed by atoms with Gasteiger partial charge in [0.25, 0.3) is 5.91 Å². The number of nitrogens with zero attached hydrogens (tertiary/aromatic N) is 3. The van der Waals surface area contributed by atoms with Gasteiger partial charge in [0.2, 0.25) is 0 Å². The number of amides is 1.